The summed E-state index contributed by atoms with van der Waals surface area (Å²) in [5.41, 5.74) is 6.62. The molecular formula is C28H38FN5O4S. The molecule has 0 aliphatic heterocycles. The average Bonchev–Trinajstić information content (AvgIpc) is 3.69. The molecule has 1 aromatic carbocycles. The van der Waals surface area contributed by atoms with E-state index in [1.165, 1.54) is 36.4 Å². The number of aromatic nitrogens is 2. The van der Waals surface area contributed by atoms with Crippen molar-refractivity contribution in [2.24, 2.45) is 11.8 Å². The number of hydrogen-bond acceptors (Lipinski definition) is 8. The summed E-state index contributed by atoms with van der Waals surface area (Å²) in [7, 11) is -4.29. The smallest absolute Gasteiger partial charge is 0.281 e. The topological polar surface area (TPSA) is 128 Å². The summed E-state index contributed by atoms with van der Waals surface area (Å²) in [4.78, 5) is 24.0. The van der Waals surface area contributed by atoms with Crippen LogP contribution >= 0.6 is 0 Å². The number of carbonyl (C=O) groups is 1. The van der Waals surface area contributed by atoms with E-state index in [0.717, 1.165) is 12.8 Å². The highest BCUT2D eigenvalue weighted by atomic mass is 32.2. The van der Waals surface area contributed by atoms with Gasteiger partial charge in [-0.3, -0.25) is 4.79 Å². The Kier molecular flexibility index (Phi) is 8.39. The minimum atomic E-state index is -4.29. The van der Waals surface area contributed by atoms with Gasteiger partial charge in [-0.25, -0.2) is 19.1 Å². The molecule has 1 amide bonds. The number of pyridine rings is 2. The number of nitrogens with one attached hydrogen (secondary N) is 1. The first-order valence-corrected chi connectivity index (χ1v) is 14.4. The van der Waals surface area contributed by atoms with Crippen LogP contribution in [0, 0.1) is 17.7 Å². The largest absolute Gasteiger partial charge is 0.493 e. The molecule has 4 rings (SSSR count). The van der Waals surface area contributed by atoms with Crippen molar-refractivity contribution in [3.8, 4) is 17.0 Å². The average molecular weight is 560 g/mol. The van der Waals surface area contributed by atoms with Crippen LogP contribution in [0.25, 0.3) is 11.3 Å². The summed E-state index contributed by atoms with van der Waals surface area (Å²) in [6, 6.07) is 11.6. The fourth-order valence-electron chi connectivity index (χ4n) is 3.99. The predicted octanol–water partition coefficient (Wildman–Crippen LogP) is 5.14. The van der Waals surface area contributed by atoms with Crippen molar-refractivity contribution < 1.29 is 25.2 Å². The van der Waals surface area contributed by atoms with Crippen LogP contribution in [0.2, 0.25) is 0 Å². The van der Waals surface area contributed by atoms with Crippen LogP contribution in [0.4, 0.5) is 16.0 Å². The van der Waals surface area contributed by atoms with Gasteiger partial charge in [-0.1, -0.05) is 19.9 Å². The van der Waals surface area contributed by atoms with Crippen LogP contribution in [0.15, 0.2) is 53.6 Å². The van der Waals surface area contributed by atoms with Gasteiger partial charge >= 0.3 is 0 Å². The zero-order valence-electron chi connectivity index (χ0n) is 22.5. The third-order valence-corrected chi connectivity index (χ3v) is 7.40. The summed E-state index contributed by atoms with van der Waals surface area (Å²) in [6.45, 7) is 9.05. The van der Waals surface area contributed by atoms with E-state index in [4.69, 9.17) is 15.5 Å². The molecule has 11 heteroatoms. The van der Waals surface area contributed by atoms with Gasteiger partial charge in [0.1, 0.15) is 23.2 Å². The molecule has 0 unspecified atom stereocenters. The molecule has 0 bridgehead atoms. The van der Waals surface area contributed by atoms with E-state index in [0.29, 0.717) is 41.9 Å². The molecule has 2 heterocycles. The number of nitrogens with zero attached hydrogens (tertiary/aromatic N) is 3. The molecule has 212 valence electrons. The Labute approximate surface area is 231 Å². The highest BCUT2D eigenvalue weighted by Gasteiger charge is 2.30. The lowest BCUT2D eigenvalue weighted by molar-refractivity contribution is 0.0981. The Morgan fingerprint density at radius 1 is 1.15 bits per heavy atom. The van der Waals surface area contributed by atoms with E-state index in [1.54, 1.807) is 12.1 Å². The molecule has 0 saturated heterocycles. The maximum absolute atomic E-state index is 14.5. The first-order valence-electron chi connectivity index (χ1n) is 12.9. The van der Waals surface area contributed by atoms with Crippen molar-refractivity contribution in [3.63, 3.8) is 0 Å². The van der Waals surface area contributed by atoms with Gasteiger partial charge in [0.2, 0.25) is 0 Å². The molecule has 9 nitrogen and oxygen atoms in total. The van der Waals surface area contributed by atoms with Crippen LogP contribution in [-0.4, -0.2) is 43.5 Å². The summed E-state index contributed by atoms with van der Waals surface area (Å²) in [6.07, 6.45) is 2.14. The Hall–Kier alpha value is -3.73. The number of carbonyl (C=O) groups excluding carboxylic acids is 1. The lowest BCUT2D eigenvalue weighted by atomic mass is 10.1. The van der Waals surface area contributed by atoms with Crippen LogP contribution in [0.3, 0.4) is 0 Å². The molecule has 1 aliphatic carbocycles. The second kappa shape index (κ2) is 11.6. The normalized spacial score (nSPS) is 13.5. The standard InChI is InChI=1S/C28H34FN5O4S.2H2/c1-17(2)16-38-22-13-20(12-21(29)14-22)24-11-10-23(27(31-24)34(18(3)4)15-19-8-9-19)28(35)33-39(36,37)26-7-5-6-25(30)32-26;;/h5-7,10-14,17-19H,8-9,15-16H2,1-4H3,(H2,30,32)(H,33,35);2*1H. The quantitative estimate of drug-likeness (QED) is 0.331. The van der Waals surface area contributed by atoms with Gasteiger partial charge in [-0.15, -0.1) is 0 Å². The highest BCUT2D eigenvalue weighted by molar-refractivity contribution is 7.90. The molecule has 0 atom stereocenters. The van der Waals surface area contributed by atoms with Crippen molar-refractivity contribution in [2.75, 3.05) is 23.8 Å². The van der Waals surface area contributed by atoms with Crippen molar-refractivity contribution in [1.82, 2.24) is 14.7 Å². The molecule has 1 fully saturated rings. The van der Waals surface area contributed by atoms with E-state index in [-0.39, 0.29) is 31.2 Å². The third kappa shape index (κ3) is 7.23. The minimum Gasteiger partial charge on any atom is -0.493 e. The Balaban J connectivity index is 0.00000294. The first kappa shape index (κ1) is 28.3. The van der Waals surface area contributed by atoms with E-state index in [2.05, 4.69) is 9.71 Å². The summed E-state index contributed by atoms with van der Waals surface area (Å²) >= 11 is 0. The van der Waals surface area contributed by atoms with Gasteiger partial charge in [-0.05, 0) is 74.9 Å². The Bertz CT molecular complexity index is 1470. The SMILES string of the molecule is CC(C)COc1cc(F)cc(-c2ccc(C(=O)NS(=O)(=O)c3cccc(N)n3)c(N(CC3CC3)C(C)C)n2)c1.[HH].[HH]. The Morgan fingerprint density at radius 2 is 1.90 bits per heavy atom. The third-order valence-electron chi connectivity index (χ3n) is 6.16. The predicted molar refractivity (Wildman–Crippen MR) is 153 cm³/mol. The zero-order valence-corrected chi connectivity index (χ0v) is 23.3. The number of amides is 1. The van der Waals surface area contributed by atoms with Crippen LogP contribution in [0.5, 0.6) is 5.75 Å². The minimum absolute atomic E-state index is 0. The summed E-state index contributed by atoms with van der Waals surface area (Å²) in [5, 5.41) is -0.366. The maximum Gasteiger partial charge on any atom is 0.281 e. The lowest BCUT2D eigenvalue weighted by Gasteiger charge is -2.30. The molecule has 0 radical (unpaired) electrons. The van der Waals surface area contributed by atoms with Gasteiger partial charge in [0.25, 0.3) is 15.9 Å². The number of hydrogen-bond donors (Lipinski definition) is 2. The number of ether oxygens (including phenoxy) is 1. The van der Waals surface area contributed by atoms with Crippen molar-refractivity contribution in [2.45, 2.75) is 51.6 Å². The van der Waals surface area contributed by atoms with Crippen molar-refractivity contribution >= 4 is 27.6 Å². The molecular weight excluding hydrogens is 521 g/mol. The highest BCUT2D eigenvalue weighted by Crippen LogP contribution is 2.34. The number of rotatable bonds is 11. The number of nitrogen functional groups attached to an aromatic ring is 1. The molecule has 1 aliphatic rings. The van der Waals surface area contributed by atoms with Crippen molar-refractivity contribution in [1.29, 1.82) is 0 Å². The zero-order chi connectivity index (χ0) is 28.3. The number of halogens is 1. The van der Waals surface area contributed by atoms with Crippen LogP contribution < -0.4 is 20.1 Å². The van der Waals surface area contributed by atoms with Gasteiger partial charge in [0, 0.05) is 27.1 Å². The Morgan fingerprint density at radius 3 is 2.54 bits per heavy atom. The van der Waals surface area contributed by atoms with E-state index < -0.39 is 21.7 Å². The molecule has 3 aromatic rings. The maximum atomic E-state index is 14.5. The monoisotopic (exact) mass is 559 g/mol. The second-order valence-electron chi connectivity index (χ2n) is 10.5. The van der Waals surface area contributed by atoms with Crippen LogP contribution in [0.1, 0.15) is 53.7 Å². The molecule has 0 spiro atoms. The fraction of sp³-hybridized carbons (Fsp3) is 0.393. The summed E-state index contributed by atoms with van der Waals surface area (Å²) in [5.74, 6) is 0.101. The number of nitrogens with two attached hydrogens (primary N) is 1. The number of sulfonamides is 1. The first-order chi connectivity index (χ1) is 18.4. The van der Waals surface area contributed by atoms with E-state index in [1.807, 2.05) is 32.6 Å². The van der Waals surface area contributed by atoms with Gasteiger partial charge in [-0.2, -0.15) is 8.42 Å². The lowest BCUT2D eigenvalue weighted by Crippen LogP contribution is -2.37. The van der Waals surface area contributed by atoms with E-state index in [9.17, 15) is 17.6 Å². The molecule has 2 aromatic heterocycles. The van der Waals surface area contributed by atoms with Crippen molar-refractivity contribution in [3.05, 3.63) is 59.9 Å². The molecule has 3 N–H and O–H groups in total. The van der Waals surface area contributed by atoms with Crippen LogP contribution in [-0.2, 0) is 10.0 Å². The second-order valence-corrected chi connectivity index (χ2v) is 12.1. The molecule has 1 saturated carbocycles. The van der Waals surface area contributed by atoms with Gasteiger partial charge < -0.3 is 15.4 Å². The van der Waals surface area contributed by atoms with Gasteiger partial charge in [0.05, 0.1) is 17.9 Å². The number of anilines is 2. The van der Waals surface area contributed by atoms with Gasteiger partial charge in [0.15, 0.2) is 5.03 Å². The fourth-order valence-corrected chi connectivity index (χ4v) is 4.93. The molecule has 39 heavy (non-hydrogen) atoms. The summed E-state index contributed by atoms with van der Waals surface area (Å²) < 4.78 is 48.2. The number of benzene rings is 1. The van der Waals surface area contributed by atoms with E-state index >= 15 is 0 Å².